The molecule has 1 unspecified atom stereocenters. The maximum atomic E-state index is 11.0. The smallest absolute Gasteiger partial charge is 0.303 e. The standard InChI is InChI=1S/C13H20O3/c1-10(2)6-4-7-13(16-11(3)14)12-8-5-9-15-12/h5,8-10,13H,4,6-7H2,1-3H3. The zero-order chi connectivity index (χ0) is 12.0. The van der Waals surface area contributed by atoms with E-state index in [2.05, 4.69) is 13.8 Å². The van der Waals surface area contributed by atoms with Gasteiger partial charge in [-0.3, -0.25) is 4.79 Å². The number of ether oxygens (including phenoxy) is 1. The Morgan fingerprint density at radius 1 is 1.44 bits per heavy atom. The van der Waals surface area contributed by atoms with Crippen LogP contribution in [0.3, 0.4) is 0 Å². The van der Waals surface area contributed by atoms with Crippen molar-refractivity contribution in [3.8, 4) is 0 Å². The van der Waals surface area contributed by atoms with Crippen LogP contribution >= 0.6 is 0 Å². The van der Waals surface area contributed by atoms with Crippen LogP contribution < -0.4 is 0 Å². The molecule has 1 aromatic heterocycles. The molecule has 0 fully saturated rings. The Bertz CT molecular complexity index is 301. The van der Waals surface area contributed by atoms with Gasteiger partial charge in [0.05, 0.1) is 6.26 Å². The summed E-state index contributed by atoms with van der Waals surface area (Å²) in [5, 5.41) is 0. The van der Waals surface area contributed by atoms with Crippen LogP contribution in [0.2, 0.25) is 0 Å². The van der Waals surface area contributed by atoms with E-state index in [0.717, 1.165) is 25.0 Å². The third-order valence-electron chi connectivity index (χ3n) is 2.42. The summed E-state index contributed by atoms with van der Waals surface area (Å²) < 4.78 is 10.5. The number of esters is 1. The highest BCUT2D eigenvalue weighted by molar-refractivity contribution is 5.66. The second-order valence-electron chi connectivity index (χ2n) is 4.44. The van der Waals surface area contributed by atoms with Gasteiger partial charge in [-0.2, -0.15) is 0 Å². The predicted octanol–water partition coefficient (Wildman–Crippen LogP) is 3.71. The molecule has 0 aliphatic heterocycles. The number of hydrogen-bond acceptors (Lipinski definition) is 3. The zero-order valence-corrected chi connectivity index (χ0v) is 10.2. The Labute approximate surface area is 96.8 Å². The molecule has 0 amide bonds. The molecule has 0 aromatic carbocycles. The molecular formula is C13H20O3. The molecule has 0 bridgehead atoms. The van der Waals surface area contributed by atoms with Crippen molar-refractivity contribution in [1.82, 2.24) is 0 Å². The van der Waals surface area contributed by atoms with Crippen molar-refractivity contribution in [2.24, 2.45) is 5.92 Å². The first kappa shape index (κ1) is 12.8. The van der Waals surface area contributed by atoms with Crippen LogP contribution in [-0.2, 0) is 9.53 Å². The van der Waals surface area contributed by atoms with Crippen LogP contribution in [-0.4, -0.2) is 5.97 Å². The molecule has 16 heavy (non-hydrogen) atoms. The van der Waals surface area contributed by atoms with Crippen molar-refractivity contribution in [2.75, 3.05) is 0 Å². The first-order valence-corrected chi connectivity index (χ1v) is 5.80. The molecule has 1 heterocycles. The average Bonchev–Trinajstić information content (AvgIpc) is 2.67. The van der Waals surface area contributed by atoms with Crippen LogP contribution in [0, 0.1) is 5.92 Å². The summed E-state index contributed by atoms with van der Waals surface area (Å²) in [6.07, 6.45) is 4.38. The molecule has 0 saturated carbocycles. The van der Waals surface area contributed by atoms with Crippen LogP contribution in [0.15, 0.2) is 22.8 Å². The molecule has 1 aromatic rings. The number of furan rings is 1. The van der Waals surface area contributed by atoms with E-state index in [0.29, 0.717) is 5.92 Å². The SMILES string of the molecule is CC(=O)OC(CCCC(C)C)c1ccco1. The molecule has 0 aliphatic rings. The summed E-state index contributed by atoms with van der Waals surface area (Å²) in [5.74, 6) is 1.15. The van der Waals surface area contributed by atoms with Gasteiger partial charge in [-0.1, -0.05) is 20.3 Å². The third kappa shape index (κ3) is 4.51. The van der Waals surface area contributed by atoms with Gasteiger partial charge in [0.15, 0.2) is 6.10 Å². The van der Waals surface area contributed by atoms with Crippen molar-refractivity contribution in [3.63, 3.8) is 0 Å². The van der Waals surface area contributed by atoms with Gasteiger partial charge in [0.2, 0.25) is 0 Å². The van der Waals surface area contributed by atoms with Gasteiger partial charge in [-0.25, -0.2) is 0 Å². The highest BCUT2D eigenvalue weighted by Crippen LogP contribution is 2.25. The first-order valence-electron chi connectivity index (χ1n) is 5.80. The number of carbonyl (C=O) groups is 1. The van der Waals surface area contributed by atoms with E-state index in [4.69, 9.17) is 9.15 Å². The monoisotopic (exact) mass is 224 g/mol. The van der Waals surface area contributed by atoms with E-state index >= 15 is 0 Å². The van der Waals surface area contributed by atoms with E-state index in [9.17, 15) is 4.79 Å². The minimum atomic E-state index is -0.258. The molecule has 0 saturated heterocycles. The second kappa shape index (κ2) is 6.36. The van der Waals surface area contributed by atoms with Crippen LogP contribution in [0.4, 0.5) is 0 Å². The maximum absolute atomic E-state index is 11.0. The van der Waals surface area contributed by atoms with Crippen molar-refractivity contribution in [3.05, 3.63) is 24.2 Å². The largest absolute Gasteiger partial charge is 0.465 e. The number of rotatable bonds is 6. The normalized spacial score (nSPS) is 12.8. The minimum Gasteiger partial charge on any atom is -0.465 e. The molecule has 3 heteroatoms. The Kier molecular flexibility index (Phi) is 5.09. The highest BCUT2D eigenvalue weighted by Gasteiger charge is 2.17. The van der Waals surface area contributed by atoms with Gasteiger partial charge in [0, 0.05) is 6.92 Å². The van der Waals surface area contributed by atoms with Crippen molar-refractivity contribution in [2.45, 2.75) is 46.1 Å². The molecule has 0 spiro atoms. The van der Waals surface area contributed by atoms with E-state index in [-0.39, 0.29) is 12.1 Å². The average molecular weight is 224 g/mol. The highest BCUT2D eigenvalue weighted by atomic mass is 16.5. The van der Waals surface area contributed by atoms with Crippen molar-refractivity contribution < 1.29 is 13.9 Å². The lowest BCUT2D eigenvalue weighted by atomic mass is 10.0. The minimum absolute atomic E-state index is 0.230. The van der Waals surface area contributed by atoms with E-state index in [1.165, 1.54) is 6.92 Å². The topological polar surface area (TPSA) is 39.4 Å². The summed E-state index contributed by atoms with van der Waals surface area (Å²) in [7, 11) is 0. The molecule has 0 N–H and O–H groups in total. The second-order valence-corrected chi connectivity index (χ2v) is 4.44. The zero-order valence-electron chi connectivity index (χ0n) is 10.2. The third-order valence-corrected chi connectivity index (χ3v) is 2.42. The van der Waals surface area contributed by atoms with E-state index in [1.54, 1.807) is 6.26 Å². The van der Waals surface area contributed by atoms with E-state index < -0.39 is 0 Å². The molecule has 90 valence electrons. The summed E-state index contributed by atoms with van der Waals surface area (Å²) in [4.78, 5) is 11.0. The molecule has 3 nitrogen and oxygen atoms in total. The van der Waals surface area contributed by atoms with Crippen molar-refractivity contribution in [1.29, 1.82) is 0 Å². The lowest BCUT2D eigenvalue weighted by Gasteiger charge is -2.15. The van der Waals surface area contributed by atoms with Crippen LogP contribution in [0.25, 0.3) is 0 Å². The molecular weight excluding hydrogens is 204 g/mol. The van der Waals surface area contributed by atoms with Crippen LogP contribution in [0.5, 0.6) is 0 Å². The molecule has 0 aliphatic carbocycles. The first-order chi connectivity index (χ1) is 7.59. The molecule has 1 rings (SSSR count). The fourth-order valence-corrected chi connectivity index (χ4v) is 1.65. The van der Waals surface area contributed by atoms with Gasteiger partial charge in [-0.05, 0) is 30.9 Å². The fourth-order valence-electron chi connectivity index (χ4n) is 1.65. The summed E-state index contributed by atoms with van der Waals surface area (Å²) in [6, 6.07) is 3.66. The Morgan fingerprint density at radius 3 is 2.69 bits per heavy atom. The van der Waals surface area contributed by atoms with Gasteiger partial charge in [0.1, 0.15) is 5.76 Å². The predicted molar refractivity (Wildman–Crippen MR) is 61.9 cm³/mol. The number of carbonyl (C=O) groups excluding carboxylic acids is 1. The summed E-state index contributed by atoms with van der Waals surface area (Å²) >= 11 is 0. The van der Waals surface area contributed by atoms with Gasteiger partial charge >= 0.3 is 5.97 Å². The summed E-state index contributed by atoms with van der Waals surface area (Å²) in [5.41, 5.74) is 0. The van der Waals surface area contributed by atoms with Crippen molar-refractivity contribution >= 4 is 5.97 Å². The molecule has 1 atom stereocenters. The fraction of sp³-hybridized carbons (Fsp3) is 0.615. The van der Waals surface area contributed by atoms with Gasteiger partial charge < -0.3 is 9.15 Å². The quantitative estimate of drug-likeness (QED) is 0.691. The Morgan fingerprint density at radius 2 is 2.19 bits per heavy atom. The maximum Gasteiger partial charge on any atom is 0.303 e. The summed E-state index contributed by atoms with van der Waals surface area (Å²) in [6.45, 7) is 5.81. The Balaban J connectivity index is 2.48. The van der Waals surface area contributed by atoms with Gasteiger partial charge in [-0.15, -0.1) is 0 Å². The number of hydrogen-bond donors (Lipinski definition) is 0. The lowest BCUT2D eigenvalue weighted by molar-refractivity contribution is -0.148. The van der Waals surface area contributed by atoms with E-state index in [1.807, 2.05) is 12.1 Å². The van der Waals surface area contributed by atoms with Gasteiger partial charge in [0.25, 0.3) is 0 Å². The Hall–Kier alpha value is -1.25. The molecule has 0 radical (unpaired) electrons. The lowest BCUT2D eigenvalue weighted by Crippen LogP contribution is -2.08. The van der Waals surface area contributed by atoms with Crippen LogP contribution in [0.1, 0.15) is 51.9 Å².